The van der Waals surface area contributed by atoms with E-state index in [1.54, 1.807) is 0 Å². The summed E-state index contributed by atoms with van der Waals surface area (Å²) >= 11 is 0. The van der Waals surface area contributed by atoms with E-state index in [0.717, 1.165) is 11.0 Å². The molecule has 0 fully saturated rings. The first-order chi connectivity index (χ1) is 9.66. The fourth-order valence-electron chi connectivity index (χ4n) is 1.74. The number of hydrogen-bond donors (Lipinski definition) is 1. The summed E-state index contributed by atoms with van der Waals surface area (Å²) in [5.74, 6) is -0.703. The van der Waals surface area contributed by atoms with Gasteiger partial charge < -0.3 is 5.32 Å². The molecule has 1 N–H and O–H groups in total. The normalized spacial score (nSPS) is 12.3. The molecule has 1 unspecified atom stereocenters. The Kier molecular flexibility index (Phi) is 5.38. The Labute approximate surface area is 119 Å². The van der Waals surface area contributed by atoms with Gasteiger partial charge in [0.05, 0.1) is 10.8 Å². The van der Waals surface area contributed by atoms with E-state index in [-0.39, 0.29) is 6.54 Å². The fourth-order valence-corrected chi connectivity index (χ4v) is 2.77. The SMILES string of the molecule is O=S(CCNCc1ccc(F)cc1F)c1ccccc1. The van der Waals surface area contributed by atoms with Crippen LogP contribution in [0.3, 0.4) is 0 Å². The summed E-state index contributed by atoms with van der Waals surface area (Å²) in [6.45, 7) is 0.788. The standard InChI is InChI=1S/C15H15F2NOS/c16-13-7-6-12(15(17)10-13)11-18-8-9-20(19)14-4-2-1-3-5-14/h1-7,10,18H,8-9,11H2. The third kappa shape index (κ3) is 4.21. The van der Waals surface area contributed by atoms with Crippen molar-refractivity contribution in [1.29, 1.82) is 0 Å². The van der Waals surface area contributed by atoms with Gasteiger partial charge in [-0.25, -0.2) is 8.78 Å². The summed E-state index contributed by atoms with van der Waals surface area (Å²) in [7, 11) is -1.07. The van der Waals surface area contributed by atoms with Gasteiger partial charge in [0.2, 0.25) is 0 Å². The number of rotatable bonds is 6. The van der Waals surface area contributed by atoms with Crippen LogP contribution in [0.4, 0.5) is 8.78 Å². The largest absolute Gasteiger partial charge is 0.312 e. The molecule has 2 rings (SSSR count). The van der Waals surface area contributed by atoms with Gasteiger partial charge in [-0.05, 0) is 18.2 Å². The monoisotopic (exact) mass is 295 g/mol. The molecule has 2 aromatic carbocycles. The molecule has 2 nitrogen and oxygen atoms in total. The lowest BCUT2D eigenvalue weighted by Gasteiger charge is -2.06. The van der Waals surface area contributed by atoms with Gasteiger partial charge in [-0.1, -0.05) is 24.3 Å². The highest BCUT2D eigenvalue weighted by Gasteiger charge is 2.05. The minimum atomic E-state index is -1.07. The lowest BCUT2D eigenvalue weighted by Crippen LogP contribution is -2.20. The summed E-state index contributed by atoms with van der Waals surface area (Å²) in [4.78, 5) is 0.780. The van der Waals surface area contributed by atoms with Gasteiger partial charge >= 0.3 is 0 Å². The third-order valence-corrected chi connectivity index (χ3v) is 4.17. The highest BCUT2D eigenvalue weighted by Crippen LogP contribution is 2.09. The van der Waals surface area contributed by atoms with Gasteiger partial charge in [-0.3, -0.25) is 4.21 Å². The summed E-state index contributed by atoms with van der Waals surface area (Å²) in [6.07, 6.45) is 0. The van der Waals surface area contributed by atoms with E-state index in [0.29, 0.717) is 17.9 Å². The highest BCUT2D eigenvalue weighted by molar-refractivity contribution is 7.85. The minimum absolute atomic E-state index is 0.290. The molecule has 0 saturated heterocycles. The molecule has 0 aliphatic heterocycles. The van der Waals surface area contributed by atoms with Crippen LogP contribution in [0.1, 0.15) is 5.56 Å². The second-order valence-electron chi connectivity index (χ2n) is 4.28. The maximum atomic E-state index is 13.4. The van der Waals surface area contributed by atoms with Crippen LogP contribution in [-0.2, 0) is 17.3 Å². The molecule has 0 amide bonds. The van der Waals surface area contributed by atoms with Crippen molar-refractivity contribution >= 4 is 10.8 Å². The van der Waals surface area contributed by atoms with Gasteiger partial charge in [0.1, 0.15) is 11.6 Å². The molecule has 2 aromatic rings. The van der Waals surface area contributed by atoms with E-state index in [9.17, 15) is 13.0 Å². The van der Waals surface area contributed by atoms with E-state index >= 15 is 0 Å². The molecule has 0 radical (unpaired) electrons. The van der Waals surface area contributed by atoms with Gasteiger partial charge in [0, 0.05) is 35.4 Å². The molecule has 106 valence electrons. The first-order valence-electron chi connectivity index (χ1n) is 6.25. The zero-order valence-corrected chi connectivity index (χ0v) is 11.6. The Hall–Kier alpha value is -1.59. The van der Waals surface area contributed by atoms with Crippen LogP contribution < -0.4 is 5.32 Å². The van der Waals surface area contributed by atoms with Crippen molar-refractivity contribution in [2.24, 2.45) is 0 Å². The van der Waals surface area contributed by atoms with E-state index < -0.39 is 22.4 Å². The van der Waals surface area contributed by atoms with Crippen LogP contribution in [0.25, 0.3) is 0 Å². The zero-order chi connectivity index (χ0) is 14.4. The average Bonchev–Trinajstić information content (AvgIpc) is 2.46. The highest BCUT2D eigenvalue weighted by atomic mass is 32.2. The predicted molar refractivity (Wildman–Crippen MR) is 75.8 cm³/mol. The third-order valence-electron chi connectivity index (χ3n) is 2.80. The number of hydrogen-bond acceptors (Lipinski definition) is 2. The molecule has 0 bridgehead atoms. The number of halogens is 2. The Morgan fingerprint density at radius 1 is 1.05 bits per heavy atom. The summed E-state index contributed by atoms with van der Waals surface area (Å²) in [5.41, 5.74) is 0.400. The van der Waals surface area contributed by atoms with Crippen molar-refractivity contribution in [3.8, 4) is 0 Å². The maximum Gasteiger partial charge on any atom is 0.130 e. The zero-order valence-electron chi connectivity index (χ0n) is 10.8. The molecular formula is C15H15F2NOS. The van der Waals surface area contributed by atoms with E-state index in [4.69, 9.17) is 0 Å². The van der Waals surface area contributed by atoms with Crippen molar-refractivity contribution in [3.05, 3.63) is 65.7 Å². The van der Waals surface area contributed by atoms with Crippen molar-refractivity contribution < 1.29 is 13.0 Å². The molecular weight excluding hydrogens is 280 g/mol. The van der Waals surface area contributed by atoms with Crippen LogP contribution in [-0.4, -0.2) is 16.5 Å². The lowest BCUT2D eigenvalue weighted by molar-refractivity contribution is 0.563. The lowest BCUT2D eigenvalue weighted by atomic mass is 10.2. The molecule has 0 heterocycles. The Bertz CT molecular complexity index is 590. The predicted octanol–water partition coefficient (Wildman–Crippen LogP) is 2.86. The van der Waals surface area contributed by atoms with Crippen molar-refractivity contribution in [1.82, 2.24) is 5.32 Å². The minimum Gasteiger partial charge on any atom is -0.312 e. The van der Waals surface area contributed by atoms with Crippen LogP contribution in [0.15, 0.2) is 53.4 Å². The van der Waals surface area contributed by atoms with Crippen molar-refractivity contribution in [2.45, 2.75) is 11.4 Å². The summed E-state index contributed by atoms with van der Waals surface area (Å²) in [6, 6.07) is 12.7. The second kappa shape index (κ2) is 7.26. The van der Waals surface area contributed by atoms with Gasteiger partial charge in [-0.2, -0.15) is 0 Å². The summed E-state index contributed by atoms with van der Waals surface area (Å²) in [5, 5.41) is 3.01. The topological polar surface area (TPSA) is 29.1 Å². The quantitative estimate of drug-likeness (QED) is 0.830. The Balaban J connectivity index is 1.78. The molecule has 0 aliphatic carbocycles. The molecule has 0 aliphatic rings. The molecule has 0 spiro atoms. The van der Waals surface area contributed by atoms with Crippen LogP contribution >= 0.6 is 0 Å². The smallest absolute Gasteiger partial charge is 0.130 e. The Morgan fingerprint density at radius 3 is 2.50 bits per heavy atom. The van der Waals surface area contributed by atoms with Crippen molar-refractivity contribution in [2.75, 3.05) is 12.3 Å². The van der Waals surface area contributed by atoms with E-state index in [1.165, 1.54) is 12.1 Å². The first-order valence-corrected chi connectivity index (χ1v) is 7.57. The van der Waals surface area contributed by atoms with Gasteiger partial charge in [0.15, 0.2) is 0 Å². The van der Waals surface area contributed by atoms with Crippen LogP contribution in [0.5, 0.6) is 0 Å². The number of benzene rings is 2. The first kappa shape index (κ1) is 14.8. The molecule has 5 heteroatoms. The van der Waals surface area contributed by atoms with Gasteiger partial charge in [-0.15, -0.1) is 0 Å². The molecule has 0 saturated carbocycles. The number of nitrogens with one attached hydrogen (secondary N) is 1. The fraction of sp³-hybridized carbons (Fsp3) is 0.200. The molecule has 1 atom stereocenters. The van der Waals surface area contributed by atoms with Crippen molar-refractivity contribution in [3.63, 3.8) is 0 Å². The second-order valence-corrected chi connectivity index (χ2v) is 5.85. The van der Waals surface area contributed by atoms with Gasteiger partial charge in [0.25, 0.3) is 0 Å². The summed E-state index contributed by atoms with van der Waals surface area (Å²) < 4.78 is 38.0. The van der Waals surface area contributed by atoms with E-state index in [1.807, 2.05) is 30.3 Å². The van der Waals surface area contributed by atoms with E-state index in [2.05, 4.69) is 5.32 Å². The van der Waals surface area contributed by atoms with Crippen LogP contribution in [0, 0.1) is 11.6 Å². The average molecular weight is 295 g/mol. The maximum absolute atomic E-state index is 13.4. The molecule has 0 aromatic heterocycles. The van der Waals surface area contributed by atoms with Crippen LogP contribution in [0.2, 0.25) is 0 Å². The molecule has 20 heavy (non-hydrogen) atoms. The Morgan fingerprint density at radius 2 is 1.80 bits per heavy atom.